The summed E-state index contributed by atoms with van der Waals surface area (Å²) in [5.41, 5.74) is -1.79. The number of carbonyl (C=O) groups excluding carboxylic acids is 1. The number of hydrogen-bond donors (Lipinski definition) is 0. The lowest BCUT2D eigenvalue weighted by Crippen LogP contribution is -2.56. The molecule has 1 aromatic carbocycles. The van der Waals surface area contributed by atoms with E-state index in [-0.39, 0.29) is 55.4 Å². The van der Waals surface area contributed by atoms with E-state index in [4.69, 9.17) is 4.74 Å². The molecular formula is C22H25F5N4O2. The molecule has 4 aliphatic heterocycles. The van der Waals surface area contributed by atoms with Crippen LogP contribution >= 0.6 is 0 Å². The smallest absolute Gasteiger partial charge is 0.378 e. The number of piperidine rings is 2. The number of ether oxygens (including phenoxy) is 1. The van der Waals surface area contributed by atoms with Crippen molar-refractivity contribution in [3.63, 3.8) is 0 Å². The van der Waals surface area contributed by atoms with Crippen molar-refractivity contribution in [2.24, 2.45) is 16.1 Å². The zero-order valence-corrected chi connectivity index (χ0v) is 17.9. The largest absolute Gasteiger partial charge is 0.419 e. The predicted molar refractivity (Wildman–Crippen MR) is 107 cm³/mol. The van der Waals surface area contributed by atoms with Crippen LogP contribution in [0.3, 0.4) is 0 Å². The number of halogens is 5. The van der Waals surface area contributed by atoms with E-state index in [0.717, 1.165) is 38.8 Å². The lowest BCUT2D eigenvalue weighted by molar-refractivity contribution is -0.141. The second-order valence-corrected chi connectivity index (χ2v) is 9.33. The van der Waals surface area contributed by atoms with E-state index in [1.165, 1.54) is 0 Å². The summed E-state index contributed by atoms with van der Waals surface area (Å²) in [6, 6.07) is 0.837. The van der Waals surface area contributed by atoms with Gasteiger partial charge in [0.1, 0.15) is 11.6 Å². The monoisotopic (exact) mass is 472 g/mol. The van der Waals surface area contributed by atoms with Crippen LogP contribution in [-0.4, -0.2) is 73.2 Å². The van der Waals surface area contributed by atoms with E-state index < -0.39 is 35.3 Å². The maximum Gasteiger partial charge on any atom is 0.419 e. The summed E-state index contributed by atoms with van der Waals surface area (Å²) in [5.74, 6) is -3.45. The van der Waals surface area contributed by atoms with Crippen molar-refractivity contribution in [1.82, 2.24) is 9.80 Å². The molecule has 180 valence electrons. The minimum absolute atomic E-state index is 0.0293. The number of rotatable bonds is 3. The lowest BCUT2D eigenvalue weighted by atomic mass is 9.84. The van der Waals surface area contributed by atoms with Crippen LogP contribution in [0.4, 0.5) is 22.0 Å². The molecule has 1 aromatic rings. The molecular weight excluding hydrogens is 447 g/mol. The highest BCUT2D eigenvalue weighted by Gasteiger charge is 2.46. The molecule has 3 fully saturated rings. The molecule has 0 aromatic heterocycles. The molecule has 4 heterocycles. The molecule has 0 N–H and O–H groups in total. The van der Waals surface area contributed by atoms with Gasteiger partial charge >= 0.3 is 6.18 Å². The number of amides is 1. The number of fused-ring (bicyclic) bond motifs is 1. The first kappa shape index (κ1) is 22.6. The quantitative estimate of drug-likeness (QED) is 0.632. The Labute approximate surface area is 187 Å². The van der Waals surface area contributed by atoms with Crippen LogP contribution in [-0.2, 0) is 15.7 Å². The number of nitrogens with zero attached hydrogens (tertiary/aromatic N) is 4. The van der Waals surface area contributed by atoms with Crippen LogP contribution in [0.5, 0.6) is 0 Å². The zero-order chi connectivity index (χ0) is 23.3. The minimum Gasteiger partial charge on any atom is -0.378 e. The summed E-state index contributed by atoms with van der Waals surface area (Å²) in [6.45, 7) is 3.48. The van der Waals surface area contributed by atoms with Crippen molar-refractivity contribution in [2.45, 2.75) is 49.5 Å². The molecule has 0 spiro atoms. The van der Waals surface area contributed by atoms with Gasteiger partial charge < -0.3 is 9.64 Å². The van der Waals surface area contributed by atoms with E-state index in [1.807, 2.05) is 0 Å². The van der Waals surface area contributed by atoms with E-state index in [1.54, 1.807) is 4.90 Å². The Balaban J connectivity index is 1.23. The Morgan fingerprint density at radius 3 is 2.39 bits per heavy atom. The van der Waals surface area contributed by atoms with Gasteiger partial charge in [-0.15, -0.1) is 0 Å². The van der Waals surface area contributed by atoms with Crippen LogP contribution in [0, 0.1) is 17.6 Å². The van der Waals surface area contributed by atoms with Crippen molar-refractivity contribution in [1.29, 1.82) is 0 Å². The van der Waals surface area contributed by atoms with E-state index >= 15 is 0 Å². The van der Waals surface area contributed by atoms with Crippen molar-refractivity contribution < 1.29 is 31.5 Å². The van der Waals surface area contributed by atoms with Crippen molar-refractivity contribution in [3.05, 3.63) is 34.9 Å². The van der Waals surface area contributed by atoms with Gasteiger partial charge in [-0.3, -0.25) is 9.69 Å². The second kappa shape index (κ2) is 8.57. The number of hydrogen-bond acceptors (Lipinski definition) is 5. The second-order valence-electron chi connectivity index (χ2n) is 9.33. The SMILES string of the molecule is O=C(C1N=NC2CN(C3COC3)CCC21)N1CCC(c2cc(F)cc(F)c2C(F)(F)F)CC1. The highest BCUT2D eigenvalue weighted by molar-refractivity contribution is 5.83. The molecule has 0 aliphatic carbocycles. The van der Waals surface area contributed by atoms with Gasteiger partial charge in [-0.05, 0) is 43.4 Å². The molecule has 6 nitrogen and oxygen atoms in total. The van der Waals surface area contributed by atoms with Crippen molar-refractivity contribution in [2.75, 3.05) is 39.4 Å². The Bertz CT molecular complexity index is 943. The first-order valence-corrected chi connectivity index (χ1v) is 11.3. The molecule has 11 heteroatoms. The minimum atomic E-state index is -4.92. The van der Waals surface area contributed by atoms with E-state index in [2.05, 4.69) is 15.1 Å². The molecule has 1 amide bonds. The maximum absolute atomic E-state index is 14.0. The summed E-state index contributed by atoms with van der Waals surface area (Å²) in [7, 11) is 0. The maximum atomic E-state index is 14.0. The third kappa shape index (κ3) is 4.25. The summed E-state index contributed by atoms with van der Waals surface area (Å²) >= 11 is 0. The first-order chi connectivity index (χ1) is 15.7. The number of carbonyl (C=O) groups is 1. The fourth-order valence-corrected chi connectivity index (χ4v) is 5.52. The molecule has 33 heavy (non-hydrogen) atoms. The van der Waals surface area contributed by atoms with Crippen LogP contribution < -0.4 is 0 Å². The predicted octanol–water partition coefficient (Wildman–Crippen LogP) is 3.61. The fraction of sp³-hybridized carbons (Fsp3) is 0.682. The lowest BCUT2D eigenvalue weighted by Gasteiger charge is -2.43. The Kier molecular flexibility index (Phi) is 5.88. The Hall–Kier alpha value is -2.14. The third-order valence-electron chi connectivity index (χ3n) is 7.42. The zero-order valence-electron chi connectivity index (χ0n) is 17.9. The summed E-state index contributed by atoms with van der Waals surface area (Å²) in [4.78, 5) is 17.1. The van der Waals surface area contributed by atoms with Gasteiger partial charge in [0.25, 0.3) is 0 Å². The van der Waals surface area contributed by atoms with Crippen LogP contribution in [0.25, 0.3) is 0 Å². The number of alkyl halides is 3. The average Bonchev–Trinajstić information content (AvgIpc) is 3.14. The topological polar surface area (TPSA) is 57.5 Å². The third-order valence-corrected chi connectivity index (χ3v) is 7.42. The van der Waals surface area contributed by atoms with Crippen LogP contribution in [0.15, 0.2) is 22.4 Å². The van der Waals surface area contributed by atoms with E-state index in [0.29, 0.717) is 6.04 Å². The fourth-order valence-electron chi connectivity index (χ4n) is 5.52. The highest BCUT2D eigenvalue weighted by atomic mass is 19.4. The Morgan fingerprint density at radius 2 is 1.76 bits per heavy atom. The summed E-state index contributed by atoms with van der Waals surface area (Å²) in [6.07, 6.45) is -3.71. The molecule has 3 saturated heterocycles. The van der Waals surface area contributed by atoms with Crippen LogP contribution in [0.1, 0.15) is 36.3 Å². The van der Waals surface area contributed by atoms with Gasteiger partial charge in [-0.25, -0.2) is 8.78 Å². The van der Waals surface area contributed by atoms with Gasteiger partial charge in [0.15, 0.2) is 6.04 Å². The van der Waals surface area contributed by atoms with Crippen molar-refractivity contribution >= 4 is 5.91 Å². The number of likely N-dealkylation sites (tertiary alicyclic amines) is 2. The molecule has 0 saturated carbocycles. The first-order valence-electron chi connectivity index (χ1n) is 11.3. The Morgan fingerprint density at radius 1 is 1.03 bits per heavy atom. The van der Waals surface area contributed by atoms with Gasteiger partial charge in [0.2, 0.25) is 5.91 Å². The average molecular weight is 472 g/mol. The van der Waals surface area contributed by atoms with Crippen molar-refractivity contribution in [3.8, 4) is 0 Å². The van der Waals surface area contributed by atoms with E-state index in [9.17, 15) is 26.7 Å². The highest BCUT2D eigenvalue weighted by Crippen LogP contribution is 2.41. The molecule has 4 aliphatic rings. The van der Waals surface area contributed by atoms with Gasteiger partial charge in [0, 0.05) is 31.6 Å². The molecule has 0 bridgehead atoms. The molecule has 3 atom stereocenters. The number of benzene rings is 1. The van der Waals surface area contributed by atoms with Gasteiger partial charge in [-0.2, -0.15) is 23.4 Å². The number of azo groups is 1. The normalized spacial score (nSPS) is 29.2. The molecule has 0 radical (unpaired) electrons. The standard InChI is InChI=1S/C22H25F5N4O2/c23-13-7-16(19(17(24)8-13)22(25,26)27)12-1-4-30(5-2-12)21(32)20-15-3-6-31(14-10-33-11-14)9-18(15)28-29-20/h7-8,12,14-15,18,20H,1-6,9-11H2. The summed E-state index contributed by atoms with van der Waals surface area (Å²) in [5, 5.41) is 8.62. The summed E-state index contributed by atoms with van der Waals surface area (Å²) < 4.78 is 73.2. The van der Waals surface area contributed by atoms with Gasteiger partial charge in [-0.1, -0.05) is 0 Å². The van der Waals surface area contributed by atoms with Gasteiger partial charge in [0.05, 0.1) is 30.9 Å². The van der Waals surface area contributed by atoms with Crippen LogP contribution in [0.2, 0.25) is 0 Å². The molecule has 5 rings (SSSR count). The molecule has 3 unspecified atom stereocenters.